The van der Waals surface area contributed by atoms with Gasteiger partial charge in [0, 0.05) is 17.7 Å². The summed E-state index contributed by atoms with van der Waals surface area (Å²) in [6.45, 7) is 1.77. The Morgan fingerprint density at radius 1 is 0.885 bits per heavy atom. The minimum Gasteiger partial charge on any atom is -0.454 e. The highest BCUT2D eigenvalue weighted by molar-refractivity contribution is 6.00. The molecule has 0 spiro atoms. The van der Waals surface area contributed by atoms with E-state index in [1.807, 2.05) is 0 Å². The van der Waals surface area contributed by atoms with Crippen molar-refractivity contribution in [2.45, 2.75) is 32.6 Å². The number of Topliss-reactive ketones (excluding diaryl/α,β-unsaturated/α-hetero) is 1. The summed E-state index contributed by atoms with van der Waals surface area (Å²) in [5, 5.41) is 2.80. The molecule has 1 N–H and O–H groups in total. The van der Waals surface area contributed by atoms with Crippen molar-refractivity contribution in [1.29, 1.82) is 0 Å². The summed E-state index contributed by atoms with van der Waals surface area (Å²) in [5.74, 6) is -0.862. The maximum absolute atomic E-state index is 12.1. The maximum Gasteiger partial charge on any atom is 0.338 e. The van der Waals surface area contributed by atoms with E-state index in [2.05, 4.69) is 12.2 Å². The molecule has 26 heavy (non-hydrogen) atoms. The number of unbranched alkanes of at least 4 members (excludes halogenated alkanes) is 2. The zero-order chi connectivity index (χ0) is 18.8. The molecule has 2 aromatic carbocycles. The maximum atomic E-state index is 12.1. The normalized spacial score (nSPS) is 10.2. The number of benzene rings is 2. The predicted octanol–water partition coefficient (Wildman–Crippen LogP) is 4.25. The fourth-order valence-corrected chi connectivity index (χ4v) is 2.37. The van der Waals surface area contributed by atoms with Gasteiger partial charge in [-0.3, -0.25) is 9.59 Å². The van der Waals surface area contributed by atoms with Crippen LogP contribution in [0.15, 0.2) is 54.6 Å². The second kappa shape index (κ2) is 10.1. The van der Waals surface area contributed by atoms with Crippen LogP contribution < -0.4 is 5.32 Å². The smallest absolute Gasteiger partial charge is 0.338 e. The summed E-state index contributed by atoms with van der Waals surface area (Å²) in [6.07, 6.45) is 3.46. The van der Waals surface area contributed by atoms with Gasteiger partial charge in [-0.15, -0.1) is 0 Å². The van der Waals surface area contributed by atoms with Gasteiger partial charge >= 0.3 is 5.97 Å². The van der Waals surface area contributed by atoms with Crippen LogP contribution in [0.5, 0.6) is 0 Å². The van der Waals surface area contributed by atoms with Gasteiger partial charge in [-0.25, -0.2) is 4.79 Å². The molecule has 0 aliphatic heterocycles. The summed E-state index contributed by atoms with van der Waals surface area (Å²) < 4.78 is 5.04. The third-order valence-corrected chi connectivity index (χ3v) is 3.84. The fourth-order valence-electron chi connectivity index (χ4n) is 2.37. The second-order valence-electron chi connectivity index (χ2n) is 5.95. The summed E-state index contributed by atoms with van der Waals surface area (Å²) in [7, 11) is 0. The van der Waals surface area contributed by atoms with Crippen LogP contribution in [0.3, 0.4) is 0 Å². The summed E-state index contributed by atoms with van der Waals surface area (Å²) in [4.78, 5) is 35.7. The molecule has 136 valence electrons. The van der Waals surface area contributed by atoms with E-state index in [0.29, 0.717) is 23.2 Å². The van der Waals surface area contributed by atoms with Crippen LogP contribution >= 0.6 is 0 Å². The third kappa shape index (κ3) is 6.16. The van der Waals surface area contributed by atoms with Gasteiger partial charge in [0.15, 0.2) is 12.4 Å². The Kier molecular flexibility index (Phi) is 7.55. The number of nitrogens with one attached hydrogen (secondary N) is 1. The molecule has 5 nitrogen and oxygen atoms in total. The Labute approximate surface area is 153 Å². The average Bonchev–Trinajstić information content (AvgIpc) is 2.67. The van der Waals surface area contributed by atoms with E-state index in [0.717, 1.165) is 19.3 Å². The van der Waals surface area contributed by atoms with Crippen molar-refractivity contribution in [3.63, 3.8) is 0 Å². The molecule has 0 radical (unpaired) electrons. The Morgan fingerprint density at radius 3 is 2.23 bits per heavy atom. The van der Waals surface area contributed by atoms with E-state index in [4.69, 9.17) is 4.74 Å². The molecule has 1 amide bonds. The van der Waals surface area contributed by atoms with Crippen LogP contribution in [0.25, 0.3) is 0 Å². The van der Waals surface area contributed by atoms with E-state index in [1.54, 1.807) is 54.6 Å². The molecule has 2 rings (SSSR count). The number of amides is 1. The first kappa shape index (κ1) is 19.4. The molecular weight excluding hydrogens is 330 g/mol. The zero-order valence-electron chi connectivity index (χ0n) is 14.9. The van der Waals surface area contributed by atoms with E-state index >= 15 is 0 Å². The molecule has 0 aliphatic rings. The minimum atomic E-state index is -0.532. The first-order valence-electron chi connectivity index (χ1n) is 8.75. The number of carbonyl (C=O) groups excluding carboxylic acids is 3. The van der Waals surface area contributed by atoms with Crippen LogP contribution in [0.4, 0.5) is 5.69 Å². The van der Waals surface area contributed by atoms with Crippen LogP contribution in [-0.4, -0.2) is 24.3 Å². The summed E-state index contributed by atoms with van der Waals surface area (Å²) in [6, 6.07) is 15.1. The van der Waals surface area contributed by atoms with Crippen molar-refractivity contribution in [2.24, 2.45) is 0 Å². The van der Waals surface area contributed by atoms with Crippen molar-refractivity contribution in [2.75, 3.05) is 11.9 Å². The summed E-state index contributed by atoms with van der Waals surface area (Å²) >= 11 is 0. The van der Waals surface area contributed by atoms with Crippen molar-refractivity contribution in [3.05, 3.63) is 65.7 Å². The number of rotatable bonds is 9. The van der Waals surface area contributed by atoms with Crippen molar-refractivity contribution in [3.8, 4) is 0 Å². The molecule has 0 heterocycles. The molecule has 2 aromatic rings. The van der Waals surface area contributed by atoms with E-state index < -0.39 is 5.97 Å². The number of ketones is 1. The minimum absolute atomic E-state index is 0.0330. The molecule has 0 atom stereocenters. The molecule has 0 bridgehead atoms. The molecule has 0 aliphatic carbocycles. The van der Waals surface area contributed by atoms with Crippen LogP contribution in [0.1, 0.15) is 53.3 Å². The van der Waals surface area contributed by atoms with Gasteiger partial charge in [0.2, 0.25) is 5.91 Å². The van der Waals surface area contributed by atoms with Gasteiger partial charge in [-0.1, -0.05) is 38.0 Å². The molecular formula is C21H23NO4. The second-order valence-corrected chi connectivity index (χ2v) is 5.95. The highest BCUT2D eigenvalue weighted by Crippen LogP contribution is 2.12. The van der Waals surface area contributed by atoms with Gasteiger partial charge in [-0.2, -0.15) is 0 Å². The monoisotopic (exact) mass is 353 g/mol. The van der Waals surface area contributed by atoms with E-state index in [1.165, 1.54) is 0 Å². The highest BCUT2D eigenvalue weighted by atomic mass is 16.5. The summed E-state index contributed by atoms with van der Waals surface area (Å²) in [5.41, 5.74) is 1.47. The lowest BCUT2D eigenvalue weighted by Gasteiger charge is -2.07. The average molecular weight is 353 g/mol. The molecule has 5 heteroatoms. The Morgan fingerprint density at radius 2 is 1.58 bits per heavy atom. The number of ether oxygens (including phenoxy) is 1. The van der Waals surface area contributed by atoms with Crippen LogP contribution in [0, 0.1) is 0 Å². The largest absolute Gasteiger partial charge is 0.454 e. The fraction of sp³-hybridized carbons (Fsp3) is 0.286. The lowest BCUT2D eigenvalue weighted by molar-refractivity contribution is -0.116. The predicted molar refractivity (Wildman–Crippen MR) is 100 cm³/mol. The molecule has 0 aromatic heterocycles. The Balaban J connectivity index is 1.82. The molecule has 0 unspecified atom stereocenters. The third-order valence-electron chi connectivity index (χ3n) is 3.84. The first-order chi connectivity index (χ1) is 12.6. The van der Waals surface area contributed by atoms with Gasteiger partial charge in [0.1, 0.15) is 0 Å². The Bertz CT molecular complexity index is 738. The zero-order valence-corrected chi connectivity index (χ0v) is 14.9. The van der Waals surface area contributed by atoms with E-state index in [9.17, 15) is 14.4 Å². The van der Waals surface area contributed by atoms with Gasteiger partial charge < -0.3 is 10.1 Å². The lowest BCUT2D eigenvalue weighted by Crippen LogP contribution is -2.14. The number of carbonyl (C=O) groups is 3. The number of hydrogen-bond acceptors (Lipinski definition) is 4. The van der Waals surface area contributed by atoms with Crippen molar-refractivity contribution in [1.82, 2.24) is 0 Å². The standard InChI is InChI=1S/C21H23NO4/c1-2-3-5-10-20(24)22-18-13-11-16(12-14-18)19(23)15-26-21(25)17-8-6-4-7-9-17/h4,6-9,11-14H,2-3,5,10,15H2,1H3,(H,22,24). The SMILES string of the molecule is CCCCCC(=O)Nc1ccc(C(=O)COC(=O)c2ccccc2)cc1. The van der Waals surface area contributed by atoms with E-state index in [-0.39, 0.29) is 18.3 Å². The number of esters is 1. The Hall–Kier alpha value is -2.95. The van der Waals surface area contributed by atoms with Gasteiger partial charge in [0.25, 0.3) is 0 Å². The molecule has 0 saturated heterocycles. The van der Waals surface area contributed by atoms with Crippen molar-refractivity contribution >= 4 is 23.3 Å². The quantitative estimate of drug-likeness (QED) is 0.416. The van der Waals surface area contributed by atoms with Gasteiger partial charge in [0.05, 0.1) is 5.56 Å². The molecule has 0 fully saturated rings. The topological polar surface area (TPSA) is 72.5 Å². The van der Waals surface area contributed by atoms with Crippen molar-refractivity contribution < 1.29 is 19.1 Å². The number of anilines is 1. The lowest BCUT2D eigenvalue weighted by atomic mass is 10.1. The molecule has 0 saturated carbocycles. The van der Waals surface area contributed by atoms with Crippen LogP contribution in [0.2, 0.25) is 0 Å². The van der Waals surface area contributed by atoms with Gasteiger partial charge in [-0.05, 0) is 42.8 Å². The number of hydrogen-bond donors (Lipinski definition) is 1. The highest BCUT2D eigenvalue weighted by Gasteiger charge is 2.12. The first-order valence-corrected chi connectivity index (χ1v) is 8.75. The van der Waals surface area contributed by atoms with Crippen LogP contribution in [-0.2, 0) is 9.53 Å².